The molecule has 0 unspecified atom stereocenters. The second-order valence-electron chi connectivity index (χ2n) is 4.21. The molecule has 74 valence electrons. The number of thioether (sulfide) groups is 1. The van der Waals surface area contributed by atoms with Crippen molar-refractivity contribution in [2.45, 2.75) is 31.1 Å². The zero-order valence-electron chi connectivity index (χ0n) is 9.09. The SMILES string of the molecule is CSc1ccc2c(c1)C(C)(C)C(C)=N2. The van der Waals surface area contributed by atoms with E-state index in [1.165, 1.54) is 16.2 Å². The molecule has 1 aliphatic rings. The summed E-state index contributed by atoms with van der Waals surface area (Å²) in [5.41, 5.74) is 3.83. The molecule has 14 heavy (non-hydrogen) atoms. The molecule has 0 fully saturated rings. The molecule has 2 heteroatoms. The predicted molar refractivity (Wildman–Crippen MR) is 64.0 cm³/mol. The van der Waals surface area contributed by atoms with Gasteiger partial charge in [-0.2, -0.15) is 0 Å². The largest absolute Gasteiger partial charge is 0.257 e. The molecule has 0 radical (unpaired) electrons. The van der Waals surface area contributed by atoms with Crippen LogP contribution in [0, 0.1) is 0 Å². The van der Waals surface area contributed by atoms with Gasteiger partial charge in [-0.05, 0) is 36.9 Å². The molecule has 0 bridgehead atoms. The van der Waals surface area contributed by atoms with Gasteiger partial charge < -0.3 is 0 Å². The summed E-state index contributed by atoms with van der Waals surface area (Å²) in [4.78, 5) is 5.91. The number of hydrogen-bond donors (Lipinski definition) is 0. The van der Waals surface area contributed by atoms with Crippen LogP contribution in [0.2, 0.25) is 0 Å². The van der Waals surface area contributed by atoms with Crippen LogP contribution in [0.5, 0.6) is 0 Å². The zero-order chi connectivity index (χ0) is 10.3. The molecule has 1 aliphatic heterocycles. The first-order valence-electron chi connectivity index (χ1n) is 4.80. The molecule has 0 amide bonds. The highest BCUT2D eigenvalue weighted by Crippen LogP contribution is 2.41. The molecule has 2 rings (SSSR count). The van der Waals surface area contributed by atoms with Crippen molar-refractivity contribution in [3.63, 3.8) is 0 Å². The van der Waals surface area contributed by atoms with Crippen molar-refractivity contribution in [2.75, 3.05) is 6.26 Å². The molecule has 0 saturated heterocycles. The van der Waals surface area contributed by atoms with Crippen LogP contribution in [-0.2, 0) is 5.41 Å². The van der Waals surface area contributed by atoms with Crippen LogP contribution < -0.4 is 0 Å². The van der Waals surface area contributed by atoms with E-state index in [9.17, 15) is 0 Å². The van der Waals surface area contributed by atoms with Crippen molar-refractivity contribution in [1.82, 2.24) is 0 Å². The van der Waals surface area contributed by atoms with Gasteiger partial charge in [0.1, 0.15) is 0 Å². The van der Waals surface area contributed by atoms with Crippen LogP contribution in [0.15, 0.2) is 28.1 Å². The van der Waals surface area contributed by atoms with Gasteiger partial charge in [0.2, 0.25) is 0 Å². The van der Waals surface area contributed by atoms with Crippen LogP contribution in [-0.4, -0.2) is 12.0 Å². The van der Waals surface area contributed by atoms with E-state index >= 15 is 0 Å². The maximum atomic E-state index is 4.59. The third-order valence-electron chi connectivity index (χ3n) is 3.07. The van der Waals surface area contributed by atoms with Crippen molar-refractivity contribution >= 4 is 23.2 Å². The van der Waals surface area contributed by atoms with Crippen LogP contribution in [0.4, 0.5) is 5.69 Å². The fraction of sp³-hybridized carbons (Fsp3) is 0.417. The summed E-state index contributed by atoms with van der Waals surface area (Å²) < 4.78 is 0. The van der Waals surface area contributed by atoms with Gasteiger partial charge in [-0.1, -0.05) is 13.8 Å². The topological polar surface area (TPSA) is 12.4 Å². The molecule has 0 saturated carbocycles. The van der Waals surface area contributed by atoms with E-state index in [1.807, 2.05) is 0 Å². The lowest BCUT2D eigenvalue weighted by atomic mass is 9.82. The van der Waals surface area contributed by atoms with E-state index in [0.717, 1.165) is 5.69 Å². The van der Waals surface area contributed by atoms with Crippen LogP contribution in [0.1, 0.15) is 26.3 Å². The summed E-state index contributed by atoms with van der Waals surface area (Å²) in [6.45, 7) is 6.59. The Morgan fingerprint density at radius 1 is 1.29 bits per heavy atom. The summed E-state index contributed by atoms with van der Waals surface area (Å²) in [6.07, 6.45) is 2.11. The highest BCUT2D eigenvalue weighted by molar-refractivity contribution is 7.98. The van der Waals surface area contributed by atoms with Gasteiger partial charge in [0.25, 0.3) is 0 Å². The lowest BCUT2D eigenvalue weighted by molar-refractivity contribution is 0.731. The number of rotatable bonds is 1. The molecular formula is C12H15NS. The third kappa shape index (κ3) is 1.29. The van der Waals surface area contributed by atoms with Gasteiger partial charge >= 0.3 is 0 Å². The minimum Gasteiger partial charge on any atom is -0.257 e. The average molecular weight is 205 g/mol. The summed E-state index contributed by atoms with van der Waals surface area (Å²) in [5, 5.41) is 0. The van der Waals surface area contributed by atoms with Crippen molar-refractivity contribution in [3.05, 3.63) is 23.8 Å². The van der Waals surface area contributed by atoms with Crippen LogP contribution >= 0.6 is 11.8 Å². The van der Waals surface area contributed by atoms with Gasteiger partial charge in [-0.15, -0.1) is 11.8 Å². The molecule has 1 aromatic carbocycles. The molecule has 1 nitrogen and oxygen atoms in total. The Balaban J connectivity index is 2.57. The Morgan fingerprint density at radius 2 is 2.00 bits per heavy atom. The summed E-state index contributed by atoms with van der Waals surface area (Å²) >= 11 is 1.79. The van der Waals surface area contributed by atoms with Crippen molar-refractivity contribution in [1.29, 1.82) is 0 Å². The summed E-state index contributed by atoms with van der Waals surface area (Å²) in [5.74, 6) is 0. The minimum absolute atomic E-state index is 0.112. The Labute approximate surface area is 89.6 Å². The zero-order valence-corrected chi connectivity index (χ0v) is 9.90. The molecule has 0 N–H and O–H groups in total. The minimum atomic E-state index is 0.112. The molecule has 0 aliphatic carbocycles. The van der Waals surface area contributed by atoms with E-state index in [0.29, 0.717) is 0 Å². The predicted octanol–water partition coefficient (Wildman–Crippen LogP) is 3.79. The number of hydrogen-bond acceptors (Lipinski definition) is 2. The number of aliphatic imine (C=N–C) groups is 1. The smallest absolute Gasteiger partial charge is 0.0671 e. The maximum Gasteiger partial charge on any atom is 0.0671 e. The number of nitrogens with zero attached hydrogens (tertiary/aromatic N) is 1. The number of benzene rings is 1. The van der Waals surface area contributed by atoms with Gasteiger partial charge in [0, 0.05) is 16.0 Å². The fourth-order valence-corrected chi connectivity index (χ4v) is 2.20. The van der Waals surface area contributed by atoms with E-state index < -0.39 is 0 Å². The molecule has 1 heterocycles. The monoisotopic (exact) mass is 205 g/mol. The Hall–Kier alpha value is -0.760. The standard InChI is InChI=1S/C12H15NS/c1-8-12(2,3)10-7-9(14-4)5-6-11(10)13-8/h5-7H,1-4H3. The van der Waals surface area contributed by atoms with Crippen molar-refractivity contribution < 1.29 is 0 Å². The Bertz CT molecular complexity index is 405. The number of fused-ring (bicyclic) bond motifs is 1. The molecular weight excluding hydrogens is 190 g/mol. The quantitative estimate of drug-likeness (QED) is 0.635. The molecule has 1 aromatic rings. The lowest BCUT2D eigenvalue weighted by Gasteiger charge is -2.20. The van der Waals surface area contributed by atoms with Gasteiger partial charge in [-0.25, -0.2) is 0 Å². The van der Waals surface area contributed by atoms with Gasteiger partial charge in [-0.3, -0.25) is 4.99 Å². The van der Waals surface area contributed by atoms with Crippen LogP contribution in [0.3, 0.4) is 0 Å². The third-order valence-corrected chi connectivity index (χ3v) is 3.80. The highest BCUT2D eigenvalue weighted by Gasteiger charge is 2.31. The van der Waals surface area contributed by atoms with Gasteiger partial charge in [0.05, 0.1) is 5.69 Å². The van der Waals surface area contributed by atoms with E-state index in [-0.39, 0.29) is 5.41 Å². The second-order valence-corrected chi connectivity index (χ2v) is 5.08. The average Bonchev–Trinajstić information content (AvgIpc) is 2.38. The first-order chi connectivity index (χ1) is 6.55. The highest BCUT2D eigenvalue weighted by atomic mass is 32.2. The van der Waals surface area contributed by atoms with E-state index in [2.05, 4.69) is 50.2 Å². The van der Waals surface area contributed by atoms with Crippen molar-refractivity contribution in [3.8, 4) is 0 Å². The Kier molecular flexibility index (Phi) is 2.18. The maximum absolute atomic E-state index is 4.59. The summed E-state index contributed by atoms with van der Waals surface area (Å²) in [7, 11) is 0. The fourth-order valence-electron chi connectivity index (χ4n) is 1.76. The van der Waals surface area contributed by atoms with Gasteiger partial charge in [0.15, 0.2) is 0 Å². The molecule has 0 spiro atoms. The molecule has 0 atom stereocenters. The van der Waals surface area contributed by atoms with E-state index in [1.54, 1.807) is 11.8 Å². The van der Waals surface area contributed by atoms with Crippen molar-refractivity contribution in [2.24, 2.45) is 4.99 Å². The first kappa shape index (κ1) is 9.78. The summed E-state index contributed by atoms with van der Waals surface area (Å²) in [6, 6.07) is 6.53. The Morgan fingerprint density at radius 3 is 2.64 bits per heavy atom. The lowest BCUT2D eigenvalue weighted by Crippen LogP contribution is -2.22. The van der Waals surface area contributed by atoms with Crippen LogP contribution in [0.25, 0.3) is 0 Å². The van der Waals surface area contributed by atoms with E-state index in [4.69, 9.17) is 0 Å². The second kappa shape index (κ2) is 3.13. The molecule has 0 aromatic heterocycles. The first-order valence-corrected chi connectivity index (χ1v) is 6.02. The normalized spacial score (nSPS) is 17.9.